The third kappa shape index (κ3) is 4.36. The van der Waals surface area contributed by atoms with E-state index in [0.717, 1.165) is 37.8 Å². The molecule has 0 radical (unpaired) electrons. The van der Waals surface area contributed by atoms with Crippen molar-refractivity contribution in [2.45, 2.75) is 12.8 Å². The van der Waals surface area contributed by atoms with Gasteiger partial charge in [-0.05, 0) is 18.6 Å². The number of nitrogens with zero attached hydrogens (tertiary/aromatic N) is 2. The molecule has 0 aliphatic carbocycles. The average Bonchev–Trinajstić information content (AvgIpc) is 2.47. The van der Waals surface area contributed by atoms with Crippen LogP contribution in [-0.4, -0.2) is 43.1 Å². The van der Waals surface area contributed by atoms with E-state index in [1.54, 1.807) is 6.20 Å². The maximum atomic E-state index is 11.5. The van der Waals surface area contributed by atoms with Gasteiger partial charge >= 0.3 is 0 Å². The van der Waals surface area contributed by atoms with Crippen molar-refractivity contribution >= 4 is 29.0 Å². The van der Waals surface area contributed by atoms with Gasteiger partial charge in [0.25, 0.3) is 0 Å². The van der Waals surface area contributed by atoms with Crippen LogP contribution in [0.15, 0.2) is 18.3 Å². The topological polar surface area (TPSA) is 54.5 Å². The molecule has 2 rings (SSSR count). The van der Waals surface area contributed by atoms with Crippen LogP contribution < -0.4 is 10.2 Å². The van der Waals surface area contributed by atoms with Crippen LogP contribution in [0.5, 0.6) is 0 Å². The van der Waals surface area contributed by atoms with Gasteiger partial charge in [-0.2, -0.15) is 0 Å². The molecule has 1 saturated heterocycles. The molecule has 0 bridgehead atoms. The second-order valence-electron chi connectivity index (χ2n) is 4.35. The largest absolute Gasteiger partial charge is 0.378 e. The molecule has 1 aromatic heterocycles. The smallest absolute Gasteiger partial charge is 0.224 e. The fourth-order valence-electron chi connectivity index (χ4n) is 1.89. The molecule has 1 aliphatic rings. The Morgan fingerprint density at radius 1 is 1.42 bits per heavy atom. The summed E-state index contributed by atoms with van der Waals surface area (Å²) in [7, 11) is 0. The highest BCUT2D eigenvalue weighted by molar-refractivity contribution is 6.18. The van der Waals surface area contributed by atoms with Crippen LogP contribution in [-0.2, 0) is 9.53 Å². The van der Waals surface area contributed by atoms with Crippen molar-refractivity contribution in [3.05, 3.63) is 18.3 Å². The Bertz CT molecular complexity index is 405. The number of carbonyl (C=O) groups is 1. The molecular weight excluding hydrogens is 266 g/mol. The number of anilines is 2. The van der Waals surface area contributed by atoms with Gasteiger partial charge in [0.2, 0.25) is 5.91 Å². The molecule has 1 aromatic rings. The molecule has 1 fully saturated rings. The van der Waals surface area contributed by atoms with Gasteiger partial charge in [-0.1, -0.05) is 0 Å². The summed E-state index contributed by atoms with van der Waals surface area (Å²) in [6, 6.07) is 3.79. The van der Waals surface area contributed by atoms with Gasteiger partial charge in [-0.15, -0.1) is 11.6 Å². The van der Waals surface area contributed by atoms with Gasteiger partial charge in [0.15, 0.2) is 0 Å². The van der Waals surface area contributed by atoms with Crippen LogP contribution in [0.2, 0.25) is 0 Å². The number of hydrogen-bond donors (Lipinski definition) is 1. The van der Waals surface area contributed by atoms with Crippen LogP contribution in [0, 0.1) is 0 Å². The van der Waals surface area contributed by atoms with Gasteiger partial charge in [0.1, 0.15) is 5.82 Å². The first-order chi connectivity index (χ1) is 9.29. The molecule has 19 heavy (non-hydrogen) atoms. The predicted molar refractivity (Wildman–Crippen MR) is 75.9 cm³/mol. The van der Waals surface area contributed by atoms with E-state index in [2.05, 4.69) is 15.2 Å². The summed E-state index contributed by atoms with van der Waals surface area (Å²) in [4.78, 5) is 18.1. The van der Waals surface area contributed by atoms with Crippen molar-refractivity contribution in [1.29, 1.82) is 0 Å². The molecule has 1 amide bonds. The second-order valence-corrected chi connectivity index (χ2v) is 4.72. The third-order valence-electron chi connectivity index (χ3n) is 2.90. The summed E-state index contributed by atoms with van der Waals surface area (Å²) in [5, 5.41) is 2.80. The molecule has 0 atom stereocenters. The summed E-state index contributed by atoms with van der Waals surface area (Å²) in [6.45, 7) is 3.18. The van der Waals surface area contributed by atoms with Gasteiger partial charge in [-0.3, -0.25) is 4.79 Å². The Labute approximate surface area is 117 Å². The fourth-order valence-corrected chi connectivity index (χ4v) is 2.02. The van der Waals surface area contributed by atoms with Crippen molar-refractivity contribution in [2.24, 2.45) is 0 Å². The van der Waals surface area contributed by atoms with Crippen molar-refractivity contribution in [2.75, 3.05) is 42.4 Å². The van der Waals surface area contributed by atoms with E-state index in [0.29, 0.717) is 18.7 Å². The number of amides is 1. The first-order valence-electron chi connectivity index (χ1n) is 6.44. The monoisotopic (exact) mass is 283 g/mol. The van der Waals surface area contributed by atoms with E-state index >= 15 is 0 Å². The Morgan fingerprint density at radius 2 is 2.21 bits per heavy atom. The summed E-state index contributed by atoms with van der Waals surface area (Å²) in [6.07, 6.45) is 2.81. The minimum atomic E-state index is -0.0263. The summed E-state index contributed by atoms with van der Waals surface area (Å²) in [5.74, 6) is 1.39. The van der Waals surface area contributed by atoms with E-state index < -0.39 is 0 Å². The number of aromatic nitrogens is 1. The van der Waals surface area contributed by atoms with E-state index in [4.69, 9.17) is 16.3 Å². The van der Waals surface area contributed by atoms with Crippen molar-refractivity contribution in [3.8, 4) is 0 Å². The highest BCUT2D eigenvalue weighted by atomic mass is 35.5. The zero-order valence-corrected chi connectivity index (χ0v) is 11.5. The SMILES string of the molecule is O=C(CCCCl)Nc1ccc(N2CCOCC2)nc1. The van der Waals surface area contributed by atoms with Gasteiger partial charge in [0, 0.05) is 25.4 Å². The first-order valence-corrected chi connectivity index (χ1v) is 6.97. The van der Waals surface area contributed by atoms with Crippen LogP contribution in [0.3, 0.4) is 0 Å². The third-order valence-corrected chi connectivity index (χ3v) is 3.17. The highest BCUT2D eigenvalue weighted by Gasteiger charge is 2.12. The normalized spacial score (nSPS) is 15.3. The molecule has 0 unspecified atom stereocenters. The number of rotatable bonds is 5. The second kappa shape index (κ2) is 7.31. The molecule has 0 saturated carbocycles. The number of hydrogen-bond acceptors (Lipinski definition) is 4. The summed E-state index contributed by atoms with van der Waals surface area (Å²) >= 11 is 5.55. The molecule has 5 nitrogen and oxygen atoms in total. The summed E-state index contributed by atoms with van der Waals surface area (Å²) in [5.41, 5.74) is 0.719. The molecule has 0 aromatic carbocycles. The number of nitrogens with one attached hydrogen (secondary N) is 1. The van der Waals surface area contributed by atoms with Crippen LogP contribution in [0.4, 0.5) is 11.5 Å². The zero-order valence-electron chi connectivity index (χ0n) is 10.8. The molecule has 1 N–H and O–H groups in total. The minimum absolute atomic E-state index is 0.0263. The number of carbonyl (C=O) groups excluding carboxylic acids is 1. The summed E-state index contributed by atoms with van der Waals surface area (Å²) < 4.78 is 5.30. The fraction of sp³-hybridized carbons (Fsp3) is 0.538. The van der Waals surface area contributed by atoms with Gasteiger partial charge < -0.3 is 15.0 Å². The molecule has 2 heterocycles. The number of alkyl halides is 1. The number of ether oxygens (including phenoxy) is 1. The van der Waals surface area contributed by atoms with E-state index in [-0.39, 0.29) is 5.91 Å². The van der Waals surface area contributed by atoms with Crippen LogP contribution >= 0.6 is 11.6 Å². The van der Waals surface area contributed by atoms with E-state index in [1.807, 2.05) is 12.1 Å². The lowest BCUT2D eigenvalue weighted by atomic mass is 10.3. The van der Waals surface area contributed by atoms with E-state index in [9.17, 15) is 4.79 Å². The lowest BCUT2D eigenvalue weighted by Gasteiger charge is -2.27. The number of halogens is 1. The van der Waals surface area contributed by atoms with E-state index in [1.165, 1.54) is 0 Å². The maximum Gasteiger partial charge on any atom is 0.224 e. The molecule has 104 valence electrons. The van der Waals surface area contributed by atoms with Crippen molar-refractivity contribution < 1.29 is 9.53 Å². The highest BCUT2D eigenvalue weighted by Crippen LogP contribution is 2.15. The average molecular weight is 284 g/mol. The Morgan fingerprint density at radius 3 is 2.84 bits per heavy atom. The minimum Gasteiger partial charge on any atom is -0.378 e. The molecule has 1 aliphatic heterocycles. The standard InChI is InChI=1S/C13H18ClN3O2/c14-5-1-2-13(18)16-11-3-4-12(15-10-11)17-6-8-19-9-7-17/h3-4,10H,1-2,5-9H2,(H,16,18). The molecular formula is C13H18ClN3O2. The maximum absolute atomic E-state index is 11.5. The Hall–Kier alpha value is -1.33. The van der Waals surface area contributed by atoms with Gasteiger partial charge in [-0.25, -0.2) is 4.98 Å². The van der Waals surface area contributed by atoms with Crippen molar-refractivity contribution in [1.82, 2.24) is 4.98 Å². The molecule has 0 spiro atoms. The van der Waals surface area contributed by atoms with Crippen LogP contribution in [0.1, 0.15) is 12.8 Å². The number of pyridine rings is 1. The lowest BCUT2D eigenvalue weighted by molar-refractivity contribution is -0.116. The van der Waals surface area contributed by atoms with Gasteiger partial charge in [0.05, 0.1) is 25.1 Å². The first kappa shape index (κ1) is 14.1. The van der Waals surface area contributed by atoms with Crippen molar-refractivity contribution in [3.63, 3.8) is 0 Å². The molecule has 6 heteroatoms. The lowest BCUT2D eigenvalue weighted by Crippen LogP contribution is -2.36. The Kier molecular flexibility index (Phi) is 5.42. The zero-order chi connectivity index (χ0) is 13.5. The quantitative estimate of drug-likeness (QED) is 0.839. The van der Waals surface area contributed by atoms with Crippen LogP contribution in [0.25, 0.3) is 0 Å². The number of morpholine rings is 1. The Balaban J connectivity index is 1.88. The predicted octanol–water partition coefficient (Wildman–Crippen LogP) is 1.88.